The van der Waals surface area contributed by atoms with E-state index < -0.39 is 0 Å². The van der Waals surface area contributed by atoms with Crippen LogP contribution in [-0.2, 0) is 17.8 Å². The van der Waals surface area contributed by atoms with E-state index in [1.54, 1.807) is 7.05 Å². The SMILES string of the molecule is CCOCCOc1cc(C)ccc1CNC(=NC)NCc1cccc2c1OCCCO2.I. The van der Waals surface area contributed by atoms with Crippen LogP contribution in [0.2, 0.25) is 0 Å². The van der Waals surface area contributed by atoms with Gasteiger partial charge in [0.05, 0.1) is 19.8 Å². The normalized spacial score (nSPS) is 13.0. The third kappa shape index (κ3) is 7.74. The monoisotopic (exact) mass is 555 g/mol. The van der Waals surface area contributed by atoms with E-state index in [0.717, 1.165) is 40.4 Å². The van der Waals surface area contributed by atoms with Crippen LogP contribution >= 0.6 is 24.0 Å². The molecule has 7 nitrogen and oxygen atoms in total. The summed E-state index contributed by atoms with van der Waals surface area (Å²) in [5.41, 5.74) is 3.26. The number of nitrogens with zero attached hydrogens (tertiary/aromatic N) is 1. The zero-order chi connectivity index (χ0) is 21.9. The Bertz CT molecular complexity index is 876. The van der Waals surface area contributed by atoms with Gasteiger partial charge < -0.3 is 29.6 Å². The maximum Gasteiger partial charge on any atom is 0.191 e. The van der Waals surface area contributed by atoms with Gasteiger partial charge in [0.25, 0.3) is 0 Å². The molecule has 2 N–H and O–H groups in total. The lowest BCUT2D eigenvalue weighted by Gasteiger charge is -2.17. The van der Waals surface area contributed by atoms with Crippen LogP contribution in [0.4, 0.5) is 0 Å². The first-order valence-corrected chi connectivity index (χ1v) is 10.8. The Morgan fingerprint density at radius 1 is 1.03 bits per heavy atom. The lowest BCUT2D eigenvalue weighted by molar-refractivity contribution is 0.110. The summed E-state index contributed by atoms with van der Waals surface area (Å²) in [5, 5.41) is 6.73. The number of hydrogen-bond acceptors (Lipinski definition) is 5. The molecule has 2 aromatic carbocycles. The molecule has 0 spiro atoms. The van der Waals surface area contributed by atoms with Crippen molar-refractivity contribution in [1.82, 2.24) is 10.6 Å². The van der Waals surface area contributed by atoms with Gasteiger partial charge in [-0.1, -0.05) is 24.3 Å². The van der Waals surface area contributed by atoms with Crippen LogP contribution in [0.5, 0.6) is 17.2 Å². The second kappa shape index (κ2) is 14.1. The van der Waals surface area contributed by atoms with Gasteiger partial charge in [0.2, 0.25) is 0 Å². The minimum atomic E-state index is 0. The Balaban J connectivity index is 0.00000363. The van der Waals surface area contributed by atoms with E-state index in [1.165, 1.54) is 0 Å². The fourth-order valence-corrected chi connectivity index (χ4v) is 3.27. The molecule has 0 aliphatic carbocycles. The number of aryl methyl sites for hydroxylation is 1. The largest absolute Gasteiger partial charge is 0.491 e. The van der Waals surface area contributed by atoms with E-state index in [-0.39, 0.29) is 24.0 Å². The first kappa shape index (κ1) is 26.1. The average molecular weight is 555 g/mol. The molecule has 8 heteroatoms. The highest BCUT2D eigenvalue weighted by molar-refractivity contribution is 14.0. The second-order valence-corrected chi connectivity index (χ2v) is 7.23. The van der Waals surface area contributed by atoms with E-state index in [1.807, 2.05) is 25.1 Å². The highest BCUT2D eigenvalue weighted by atomic mass is 127. The van der Waals surface area contributed by atoms with Gasteiger partial charge >= 0.3 is 0 Å². The van der Waals surface area contributed by atoms with Gasteiger partial charge in [-0.3, -0.25) is 4.99 Å². The molecule has 176 valence electrons. The predicted octanol–water partition coefficient (Wildman–Crippen LogP) is 4.05. The second-order valence-electron chi connectivity index (χ2n) is 7.23. The summed E-state index contributed by atoms with van der Waals surface area (Å²) in [7, 11) is 1.76. The van der Waals surface area contributed by atoms with Crippen LogP contribution in [0.3, 0.4) is 0 Å². The summed E-state index contributed by atoms with van der Waals surface area (Å²) in [5.74, 6) is 3.18. The summed E-state index contributed by atoms with van der Waals surface area (Å²) in [6.07, 6.45) is 0.885. The van der Waals surface area contributed by atoms with Gasteiger partial charge in [-0.2, -0.15) is 0 Å². The molecule has 0 aromatic heterocycles. The fourth-order valence-electron chi connectivity index (χ4n) is 3.27. The molecule has 2 aromatic rings. The van der Waals surface area contributed by atoms with Gasteiger partial charge in [-0.05, 0) is 31.5 Å². The van der Waals surface area contributed by atoms with Crippen LogP contribution in [0.1, 0.15) is 30.0 Å². The summed E-state index contributed by atoms with van der Waals surface area (Å²) < 4.78 is 23.0. The number of halogens is 1. The van der Waals surface area contributed by atoms with E-state index in [2.05, 4.69) is 40.7 Å². The molecule has 0 bridgehead atoms. The molecule has 0 fully saturated rings. The quantitative estimate of drug-likeness (QED) is 0.211. The first-order chi connectivity index (χ1) is 15.2. The Morgan fingerprint density at radius 2 is 1.81 bits per heavy atom. The number of hydrogen-bond donors (Lipinski definition) is 2. The van der Waals surface area contributed by atoms with Crippen molar-refractivity contribution in [2.45, 2.75) is 33.4 Å². The van der Waals surface area contributed by atoms with Crippen LogP contribution < -0.4 is 24.8 Å². The van der Waals surface area contributed by atoms with Crippen LogP contribution in [0.15, 0.2) is 41.4 Å². The summed E-state index contributed by atoms with van der Waals surface area (Å²) in [6.45, 7) is 8.35. The highest BCUT2D eigenvalue weighted by Crippen LogP contribution is 2.33. The van der Waals surface area contributed by atoms with E-state index >= 15 is 0 Å². The lowest BCUT2D eigenvalue weighted by atomic mass is 10.1. The van der Waals surface area contributed by atoms with Crippen molar-refractivity contribution in [1.29, 1.82) is 0 Å². The first-order valence-electron chi connectivity index (χ1n) is 10.8. The number of ether oxygens (including phenoxy) is 4. The molecule has 0 radical (unpaired) electrons. The molecular weight excluding hydrogens is 521 g/mol. The third-order valence-electron chi connectivity index (χ3n) is 4.88. The number of nitrogens with one attached hydrogen (secondary N) is 2. The maximum absolute atomic E-state index is 5.93. The Hall–Kier alpha value is -2.20. The summed E-state index contributed by atoms with van der Waals surface area (Å²) in [6, 6.07) is 12.2. The Morgan fingerprint density at radius 3 is 2.59 bits per heavy atom. The predicted molar refractivity (Wildman–Crippen MR) is 138 cm³/mol. The van der Waals surface area contributed by atoms with Crippen molar-refractivity contribution in [3.05, 3.63) is 53.1 Å². The van der Waals surface area contributed by atoms with Gasteiger partial charge in [0.1, 0.15) is 12.4 Å². The fraction of sp³-hybridized carbons (Fsp3) is 0.458. The number of guanidine groups is 1. The number of fused-ring (bicyclic) bond motifs is 1. The standard InChI is InChI=1S/C24H33N3O4.HI/c1-4-28-13-14-30-22-15-18(2)9-10-19(22)16-26-24(25-3)27-17-20-7-5-8-21-23(20)31-12-6-11-29-21;/h5,7-10,15H,4,6,11-14,16-17H2,1-3H3,(H2,25,26,27);1H. The minimum Gasteiger partial charge on any atom is -0.491 e. The molecule has 3 rings (SSSR count). The van der Waals surface area contributed by atoms with Gasteiger partial charge in [-0.25, -0.2) is 0 Å². The minimum absolute atomic E-state index is 0. The molecule has 1 aliphatic rings. The topological polar surface area (TPSA) is 73.3 Å². The summed E-state index contributed by atoms with van der Waals surface area (Å²) in [4.78, 5) is 4.34. The van der Waals surface area contributed by atoms with Crippen LogP contribution in [0.25, 0.3) is 0 Å². The van der Waals surface area contributed by atoms with Crippen molar-refractivity contribution < 1.29 is 18.9 Å². The van der Waals surface area contributed by atoms with Crippen molar-refractivity contribution in [3.8, 4) is 17.2 Å². The van der Waals surface area contributed by atoms with E-state index in [0.29, 0.717) is 52.1 Å². The van der Waals surface area contributed by atoms with Crippen molar-refractivity contribution in [2.24, 2.45) is 4.99 Å². The molecule has 0 saturated carbocycles. The van der Waals surface area contributed by atoms with Crippen molar-refractivity contribution >= 4 is 29.9 Å². The molecule has 1 heterocycles. The summed E-state index contributed by atoms with van der Waals surface area (Å²) >= 11 is 0. The van der Waals surface area contributed by atoms with Crippen molar-refractivity contribution in [2.75, 3.05) is 40.1 Å². The molecule has 0 unspecified atom stereocenters. The van der Waals surface area contributed by atoms with Crippen LogP contribution in [-0.4, -0.2) is 46.0 Å². The smallest absolute Gasteiger partial charge is 0.191 e. The average Bonchev–Trinajstić information content (AvgIpc) is 3.04. The molecular formula is C24H34IN3O4. The zero-order valence-electron chi connectivity index (χ0n) is 19.1. The third-order valence-corrected chi connectivity index (χ3v) is 4.88. The van der Waals surface area contributed by atoms with E-state index in [9.17, 15) is 0 Å². The van der Waals surface area contributed by atoms with Gasteiger partial charge in [0.15, 0.2) is 17.5 Å². The Labute approximate surface area is 207 Å². The van der Waals surface area contributed by atoms with Gasteiger partial charge in [0, 0.05) is 44.3 Å². The molecule has 1 aliphatic heterocycles. The molecule has 0 saturated heterocycles. The highest BCUT2D eigenvalue weighted by Gasteiger charge is 2.14. The number of rotatable bonds is 9. The number of benzene rings is 2. The number of para-hydroxylation sites is 1. The Kier molecular flexibility index (Phi) is 11.4. The lowest BCUT2D eigenvalue weighted by Crippen LogP contribution is -2.36. The molecule has 0 atom stereocenters. The molecule has 32 heavy (non-hydrogen) atoms. The van der Waals surface area contributed by atoms with Crippen molar-refractivity contribution in [3.63, 3.8) is 0 Å². The molecule has 0 amide bonds. The number of aliphatic imine (C=N–C) groups is 1. The zero-order valence-corrected chi connectivity index (χ0v) is 21.4. The van der Waals surface area contributed by atoms with Gasteiger partial charge in [-0.15, -0.1) is 24.0 Å². The van der Waals surface area contributed by atoms with E-state index in [4.69, 9.17) is 18.9 Å². The van der Waals surface area contributed by atoms with Crippen LogP contribution in [0, 0.1) is 6.92 Å². The maximum atomic E-state index is 5.93.